The number of urea groups is 1. The van der Waals surface area contributed by atoms with Gasteiger partial charge in [-0.2, -0.15) is 0 Å². The number of amides is 2. The van der Waals surface area contributed by atoms with Crippen LogP contribution < -0.4 is 5.48 Å². The van der Waals surface area contributed by atoms with E-state index in [0.29, 0.717) is 0 Å². The lowest BCUT2D eigenvalue weighted by Crippen LogP contribution is -2.36. The first kappa shape index (κ1) is 20.5. The van der Waals surface area contributed by atoms with Crippen molar-refractivity contribution >= 4 is 23.5 Å². The number of nitro benzene ring substituents is 1. The Kier molecular flexibility index (Phi) is 6.93. The molecule has 2 heterocycles. The van der Waals surface area contributed by atoms with Crippen molar-refractivity contribution in [1.82, 2.24) is 15.4 Å². The highest BCUT2D eigenvalue weighted by Crippen LogP contribution is 2.38. The molecule has 1 aromatic carbocycles. The number of halogens is 1. The summed E-state index contributed by atoms with van der Waals surface area (Å²) >= 11 is 1.48. The average molecular weight is 416 g/mol. The van der Waals surface area contributed by atoms with Crippen LogP contribution in [-0.4, -0.2) is 27.4 Å². The third-order valence-electron chi connectivity index (χ3n) is 3.99. The Balaban J connectivity index is 1.47. The number of benzene rings is 1. The van der Waals surface area contributed by atoms with Gasteiger partial charge in [0.2, 0.25) is 0 Å². The molecule has 150 valence electrons. The van der Waals surface area contributed by atoms with Crippen LogP contribution in [0.1, 0.15) is 16.5 Å². The summed E-state index contributed by atoms with van der Waals surface area (Å²) in [7, 11) is 0. The standard InChI is InChI=1S/C19H17FN4O4S/c20-16-4-5-17(24(26)27)15(13-16)3-1-2-11-28-22-19(25)23-10-12-29-18(23)14-6-8-21-9-7-14/h1-2,4-10,12-13,18H,3,11H2,(H,22,25). The number of nitro groups is 1. The summed E-state index contributed by atoms with van der Waals surface area (Å²) in [4.78, 5) is 33.3. The number of rotatable bonds is 7. The Bertz CT molecular complexity index is 939. The summed E-state index contributed by atoms with van der Waals surface area (Å²) in [5, 5.41) is 12.6. The van der Waals surface area contributed by atoms with E-state index in [9.17, 15) is 19.3 Å². The van der Waals surface area contributed by atoms with Crippen LogP contribution in [0.3, 0.4) is 0 Å². The minimum absolute atomic E-state index is 0.0550. The SMILES string of the molecule is O=C(NOCC=CCc1cc(F)ccc1[N+](=O)[O-])N1C=CSC1c1ccncc1. The van der Waals surface area contributed by atoms with Crippen LogP contribution in [0.4, 0.5) is 14.9 Å². The summed E-state index contributed by atoms with van der Waals surface area (Å²) in [6.07, 6.45) is 8.35. The molecule has 0 saturated heterocycles. The molecule has 1 atom stereocenters. The van der Waals surface area contributed by atoms with Gasteiger partial charge in [-0.1, -0.05) is 12.2 Å². The van der Waals surface area contributed by atoms with Gasteiger partial charge in [-0.3, -0.25) is 24.8 Å². The normalized spacial score (nSPS) is 15.8. The van der Waals surface area contributed by atoms with Crippen molar-refractivity contribution in [2.24, 2.45) is 0 Å². The molecule has 0 radical (unpaired) electrons. The molecule has 1 aliphatic rings. The average Bonchev–Trinajstić information content (AvgIpc) is 3.21. The fraction of sp³-hybridized carbons (Fsp3) is 0.158. The van der Waals surface area contributed by atoms with Gasteiger partial charge in [0.25, 0.3) is 5.69 Å². The molecule has 1 N–H and O–H groups in total. The highest BCUT2D eigenvalue weighted by molar-refractivity contribution is 8.02. The summed E-state index contributed by atoms with van der Waals surface area (Å²) in [5.41, 5.74) is 3.39. The van der Waals surface area contributed by atoms with Gasteiger partial charge in [-0.05, 0) is 41.7 Å². The minimum atomic E-state index is -0.555. The summed E-state index contributed by atoms with van der Waals surface area (Å²) in [6.45, 7) is 0.0550. The minimum Gasteiger partial charge on any atom is -0.282 e. The molecule has 29 heavy (non-hydrogen) atoms. The van der Waals surface area contributed by atoms with Crippen molar-refractivity contribution in [3.8, 4) is 0 Å². The predicted octanol–water partition coefficient (Wildman–Crippen LogP) is 4.09. The topological polar surface area (TPSA) is 97.6 Å². The number of hydrogen-bond donors (Lipinski definition) is 1. The molecular weight excluding hydrogens is 399 g/mol. The Morgan fingerprint density at radius 1 is 1.34 bits per heavy atom. The Morgan fingerprint density at radius 3 is 2.90 bits per heavy atom. The van der Waals surface area contributed by atoms with Crippen LogP contribution in [0.5, 0.6) is 0 Å². The van der Waals surface area contributed by atoms with Gasteiger partial charge < -0.3 is 0 Å². The monoisotopic (exact) mass is 416 g/mol. The molecule has 3 rings (SSSR count). The lowest BCUT2D eigenvalue weighted by Gasteiger charge is -2.22. The second-order valence-electron chi connectivity index (χ2n) is 5.89. The molecule has 10 heteroatoms. The number of hydroxylamine groups is 1. The van der Waals surface area contributed by atoms with Crippen molar-refractivity contribution in [1.29, 1.82) is 0 Å². The second-order valence-corrected chi connectivity index (χ2v) is 6.88. The molecule has 1 aromatic heterocycles. The van der Waals surface area contributed by atoms with Crippen molar-refractivity contribution in [3.05, 3.63) is 93.5 Å². The van der Waals surface area contributed by atoms with E-state index < -0.39 is 16.8 Å². The lowest BCUT2D eigenvalue weighted by molar-refractivity contribution is -0.385. The molecule has 0 aliphatic carbocycles. The first-order valence-corrected chi connectivity index (χ1v) is 9.50. The third-order valence-corrected chi connectivity index (χ3v) is 5.02. The molecule has 0 spiro atoms. The van der Waals surface area contributed by atoms with Gasteiger partial charge in [0, 0.05) is 30.2 Å². The molecule has 8 nitrogen and oxygen atoms in total. The van der Waals surface area contributed by atoms with Gasteiger partial charge in [-0.25, -0.2) is 14.7 Å². The van der Waals surface area contributed by atoms with E-state index in [1.807, 2.05) is 17.5 Å². The quantitative estimate of drug-likeness (QED) is 0.316. The fourth-order valence-electron chi connectivity index (χ4n) is 2.64. The summed E-state index contributed by atoms with van der Waals surface area (Å²) in [6, 6.07) is 6.55. The van der Waals surface area contributed by atoms with E-state index in [-0.39, 0.29) is 29.7 Å². The van der Waals surface area contributed by atoms with Crippen LogP contribution in [0, 0.1) is 15.9 Å². The van der Waals surface area contributed by atoms with Crippen molar-refractivity contribution in [2.45, 2.75) is 11.8 Å². The van der Waals surface area contributed by atoms with Crippen molar-refractivity contribution in [3.63, 3.8) is 0 Å². The second kappa shape index (κ2) is 9.80. The third kappa shape index (κ3) is 5.39. The Labute approximate surface area is 170 Å². The maximum atomic E-state index is 13.3. The zero-order valence-corrected chi connectivity index (χ0v) is 15.9. The number of thioether (sulfide) groups is 1. The molecule has 1 unspecified atom stereocenters. The zero-order valence-electron chi connectivity index (χ0n) is 15.1. The highest BCUT2D eigenvalue weighted by atomic mass is 32.2. The van der Waals surface area contributed by atoms with Gasteiger partial charge >= 0.3 is 6.03 Å². The molecule has 2 aromatic rings. The van der Waals surface area contributed by atoms with E-state index in [1.165, 1.54) is 16.7 Å². The molecular formula is C19H17FN4O4S. The number of nitrogens with zero attached hydrogens (tertiary/aromatic N) is 3. The van der Waals surface area contributed by atoms with Crippen LogP contribution in [0.25, 0.3) is 0 Å². The van der Waals surface area contributed by atoms with Gasteiger partial charge in [0.1, 0.15) is 11.2 Å². The van der Waals surface area contributed by atoms with E-state index in [0.717, 1.165) is 23.8 Å². The van der Waals surface area contributed by atoms with Crippen LogP contribution >= 0.6 is 11.8 Å². The predicted molar refractivity (Wildman–Crippen MR) is 106 cm³/mol. The van der Waals surface area contributed by atoms with Gasteiger partial charge in [-0.15, -0.1) is 11.8 Å². The number of aromatic nitrogens is 1. The summed E-state index contributed by atoms with van der Waals surface area (Å²) in [5.74, 6) is -0.539. The first-order chi connectivity index (χ1) is 14.1. The van der Waals surface area contributed by atoms with Crippen molar-refractivity contribution in [2.75, 3.05) is 6.61 Å². The van der Waals surface area contributed by atoms with E-state index in [1.54, 1.807) is 30.7 Å². The Hall–Kier alpha value is -3.24. The Morgan fingerprint density at radius 2 is 2.14 bits per heavy atom. The van der Waals surface area contributed by atoms with Crippen molar-refractivity contribution < 1.29 is 18.9 Å². The zero-order chi connectivity index (χ0) is 20.6. The first-order valence-electron chi connectivity index (χ1n) is 8.56. The summed E-state index contributed by atoms with van der Waals surface area (Å²) < 4.78 is 13.3. The van der Waals surface area contributed by atoms with E-state index in [2.05, 4.69) is 10.5 Å². The number of pyridine rings is 1. The number of carbonyl (C=O) groups is 1. The number of allylic oxidation sites excluding steroid dienone is 1. The van der Waals surface area contributed by atoms with E-state index in [4.69, 9.17) is 4.84 Å². The van der Waals surface area contributed by atoms with Gasteiger partial charge in [0.15, 0.2) is 0 Å². The highest BCUT2D eigenvalue weighted by Gasteiger charge is 2.27. The molecule has 2 amide bonds. The largest absolute Gasteiger partial charge is 0.346 e. The van der Waals surface area contributed by atoms with Gasteiger partial charge in [0.05, 0.1) is 11.5 Å². The molecule has 1 aliphatic heterocycles. The molecule has 0 saturated carbocycles. The maximum absolute atomic E-state index is 13.3. The van der Waals surface area contributed by atoms with Crippen LogP contribution in [-0.2, 0) is 11.3 Å². The van der Waals surface area contributed by atoms with Crippen LogP contribution in [0.15, 0.2) is 66.5 Å². The smallest absolute Gasteiger partial charge is 0.282 e. The lowest BCUT2D eigenvalue weighted by atomic mass is 10.1. The van der Waals surface area contributed by atoms with E-state index >= 15 is 0 Å². The number of carbonyl (C=O) groups excluding carboxylic acids is 1. The molecule has 0 bridgehead atoms. The molecule has 0 fully saturated rings. The number of hydrogen-bond acceptors (Lipinski definition) is 6. The van der Waals surface area contributed by atoms with Crippen LogP contribution in [0.2, 0.25) is 0 Å². The maximum Gasteiger partial charge on any atom is 0.346 e. The fourth-order valence-corrected chi connectivity index (χ4v) is 3.60. The number of nitrogens with one attached hydrogen (secondary N) is 1.